The molecule has 2 fully saturated rings. The summed E-state index contributed by atoms with van der Waals surface area (Å²) in [6.07, 6.45) is 0. The minimum Gasteiger partial charge on any atom is -0.378 e. The molecule has 0 bridgehead atoms. The van der Waals surface area contributed by atoms with Gasteiger partial charge in [0.25, 0.3) is 0 Å². The number of nitrogen functional groups attached to an aromatic ring is 1. The Morgan fingerprint density at radius 1 is 0.905 bits per heavy atom. The van der Waals surface area contributed by atoms with Gasteiger partial charge < -0.3 is 20.3 Å². The second-order valence-corrected chi connectivity index (χ2v) is 7.34. The lowest BCUT2D eigenvalue weighted by atomic mass is 10.4. The van der Waals surface area contributed by atoms with E-state index in [1.54, 1.807) is 0 Å². The smallest absolute Gasteiger partial charge is 0.232 e. The number of hydrogen-bond donors (Lipinski definition) is 1. The van der Waals surface area contributed by atoms with Crippen molar-refractivity contribution < 1.29 is 13.2 Å². The van der Waals surface area contributed by atoms with Gasteiger partial charge in [0.05, 0.1) is 24.7 Å². The second kappa shape index (κ2) is 5.60. The van der Waals surface area contributed by atoms with Crippen LogP contribution >= 0.6 is 0 Å². The maximum atomic E-state index is 11.5. The van der Waals surface area contributed by atoms with E-state index in [0.717, 1.165) is 0 Å². The standard InChI is InChI=1S/C11H18N6O3S/c12-9-13-10(16-1-5-20-6-2-16)15-11(14-9)17-3-7-21(18,19)8-4-17/h1-8H2,(H2,12,13,14,15). The number of nitrogens with two attached hydrogens (primary N) is 1. The molecule has 21 heavy (non-hydrogen) atoms. The van der Waals surface area contributed by atoms with E-state index in [2.05, 4.69) is 15.0 Å². The summed E-state index contributed by atoms with van der Waals surface area (Å²) in [4.78, 5) is 16.5. The van der Waals surface area contributed by atoms with E-state index < -0.39 is 9.84 Å². The lowest BCUT2D eigenvalue weighted by Crippen LogP contribution is -2.42. The normalized spacial score (nSPS) is 22.3. The van der Waals surface area contributed by atoms with Crippen molar-refractivity contribution >= 4 is 27.7 Å². The zero-order valence-electron chi connectivity index (χ0n) is 11.6. The summed E-state index contributed by atoms with van der Waals surface area (Å²) in [5.74, 6) is 1.35. The zero-order valence-corrected chi connectivity index (χ0v) is 12.4. The van der Waals surface area contributed by atoms with Crippen LogP contribution in [-0.2, 0) is 14.6 Å². The molecule has 2 aliphatic heterocycles. The Bertz CT molecular complexity index is 602. The van der Waals surface area contributed by atoms with Gasteiger partial charge in [0, 0.05) is 26.2 Å². The van der Waals surface area contributed by atoms with E-state index in [9.17, 15) is 8.42 Å². The van der Waals surface area contributed by atoms with Crippen LogP contribution in [-0.4, -0.2) is 74.3 Å². The molecular formula is C11H18N6O3S. The van der Waals surface area contributed by atoms with Crippen molar-refractivity contribution in [2.24, 2.45) is 0 Å². The van der Waals surface area contributed by atoms with Crippen LogP contribution in [0, 0.1) is 0 Å². The minimum atomic E-state index is -2.94. The molecule has 9 nitrogen and oxygen atoms in total. The SMILES string of the molecule is Nc1nc(N2CCOCC2)nc(N2CCS(=O)(=O)CC2)n1. The molecule has 0 aromatic carbocycles. The van der Waals surface area contributed by atoms with Crippen LogP contribution in [0.25, 0.3) is 0 Å². The van der Waals surface area contributed by atoms with Gasteiger partial charge >= 0.3 is 0 Å². The molecule has 0 aliphatic carbocycles. The summed E-state index contributed by atoms with van der Waals surface area (Å²) in [5.41, 5.74) is 5.76. The van der Waals surface area contributed by atoms with E-state index >= 15 is 0 Å². The Morgan fingerprint density at radius 2 is 1.43 bits per heavy atom. The maximum absolute atomic E-state index is 11.5. The van der Waals surface area contributed by atoms with Crippen molar-refractivity contribution in [1.29, 1.82) is 0 Å². The van der Waals surface area contributed by atoms with E-state index in [4.69, 9.17) is 10.5 Å². The van der Waals surface area contributed by atoms with Crippen molar-refractivity contribution in [3.63, 3.8) is 0 Å². The molecule has 10 heteroatoms. The molecule has 1 aromatic heterocycles. The summed E-state index contributed by atoms with van der Waals surface area (Å²) >= 11 is 0. The first-order valence-corrected chi connectivity index (χ1v) is 8.65. The molecule has 0 atom stereocenters. The number of morpholine rings is 1. The molecule has 3 heterocycles. The monoisotopic (exact) mass is 314 g/mol. The van der Waals surface area contributed by atoms with Crippen LogP contribution in [0.3, 0.4) is 0 Å². The molecule has 0 spiro atoms. The molecule has 116 valence electrons. The average molecular weight is 314 g/mol. The quantitative estimate of drug-likeness (QED) is 0.698. The number of hydrogen-bond acceptors (Lipinski definition) is 9. The van der Waals surface area contributed by atoms with Gasteiger partial charge in [0.15, 0.2) is 9.84 Å². The predicted octanol–water partition coefficient (Wildman–Crippen LogP) is -1.47. The van der Waals surface area contributed by atoms with Gasteiger partial charge in [-0.15, -0.1) is 0 Å². The van der Waals surface area contributed by atoms with Crippen LogP contribution in [0.5, 0.6) is 0 Å². The van der Waals surface area contributed by atoms with Gasteiger partial charge in [0.2, 0.25) is 17.8 Å². The molecule has 0 unspecified atom stereocenters. The van der Waals surface area contributed by atoms with Gasteiger partial charge in [-0.05, 0) is 0 Å². The Hall–Kier alpha value is -1.68. The third kappa shape index (κ3) is 3.32. The molecular weight excluding hydrogens is 296 g/mol. The Balaban J connectivity index is 1.81. The fourth-order valence-corrected chi connectivity index (χ4v) is 3.53. The minimum absolute atomic E-state index is 0.117. The number of ether oxygens (including phenoxy) is 1. The first kappa shape index (κ1) is 14.3. The van der Waals surface area contributed by atoms with Crippen molar-refractivity contribution in [1.82, 2.24) is 15.0 Å². The van der Waals surface area contributed by atoms with E-state index in [1.165, 1.54) is 0 Å². The summed E-state index contributed by atoms with van der Waals surface area (Å²) < 4.78 is 28.3. The van der Waals surface area contributed by atoms with E-state index in [0.29, 0.717) is 51.3 Å². The van der Waals surface area contributed by atoms with Gasteiger partial charge in [-0.3, -0.25) is 0 Å². The number of sulfone groups is 1. The number of nitrogens with zero attached hydrogens (tertiary/aromatic N) is 5. The van der Waals surface area contributed by atoms with Gasteiger partial charge in [-0.2, -0.15) is 15.0 Å². The highest BCUT2D eigenvalue weighted by molar-refractivity contribution is 7.91. The van der Waals surface area contributed by atoms with Gasteiger partial charge in [-0.1, -0.05) is 0 Å². The zero-order chi connectivity index (χ0) is 14.9. The van der Waals surface area contributed by atoms with Gasteiger partial charge in [-0.25, -0.2) is 8.42 Å². The van der Waals surface area contributed by atoms with Crippen molar-refractivity contribution in [2.75, 3.05) is 66.4 Å². The molecule has 1 aromatic rings. The largest absolute Gasteiger partial charge is 0.378 e. The molecule has 3 rings (SSSR count). The highest BCUT2D eigenvalue weighted by atomic mass is 32.2. The third-order valence-corrected chi connectivity index (χ3v) is 5.16. The molecule has 2 saturated heterocycles. The summed E-state index contributed by atoms with van der Waals surface area (Å²) in [6, 6.07) is 0. The molecule has 0 radical (unpaired) electrons. The Kier molecular flexibility index (Phi) is 3.81. The van der Waals surface area contributed by atoms with Crippen molar-refractivity contribution in [3.05, 3.63) is 0 Å². The number of aromatic nitrogens is 3. The summed E-state index contributed by atoms with van der Waals surface area (Å²) in [7, 11) is -2.94. The van der Waals surface area contributed by atoms with Crippen LogP contribution < -0.4 is 15.5 Å². The second-order valence-electron chi connectivity index (χ2n) is 5.03. The highest BCUT2D eigenvalue weighted by Gasteiger charge is 2.25. The fraction of sp³-hybridized carbons (Fsp3) is 0.727. The highest BCUT2D eigenvalue weighted by Crippen LogP contribution is 2.18. The van der Waals surface area contributed by atoms with Crippen LogP contribution in [0.2, 0.25) is 0 Å². The predicted molar refractivity (Wildman–Crippen MR) is 78.1 cm³/mol. The van der Waals surface area contributed by atoms with E-state index in [-0.39, 0.29) is 17.5 Å². The average Bonchev–Trinajstić information content (AvgIpc) is 2.47. The Labute approximate surface area is 123 Å². The molecule has 2 aliphatic rings. The van der Waals surface area contributed by atoms with Crippen molar-refractivity contribution in [3.8, 4) is 0 Å². The van der Waals surface area contributed by atoms with Crippen molar-refractivity contribution in [2.45, 2.75) is 0 Å². The van der Waals surface area contributed by atoms with Crippen LogP contribution in [0.4, 0.5) is 17.8 Å². The summed E-state index contributed by atoms with van der Waals surface area (Å²) in [5, 5.41) is 0. The molecule has 2 N–H and O–H groups in total. The third-order valence-electron chi connectivity index (χ3n) is 3.55. The topological polar surface area (TPSA) is 115 Å². The van der Waals surface area contributed by atoms with Crippen LogP contribution in [0.15, 0.2) is 0 Å². The maximum Gasteiger partial charge on any atom is 0.232 e. The summed E-state index contributed by atoms with van der Waals surface area (Å²) in [6.45, 7) is 3.43. The molecule has 0 saturated carbocycles. The first-order valence-electron chi connectivity index (χ1n) is 6.83. The lowest BCUT2D eigenvalue weighted by molar-refractivity contribution is 0.122. The first-order chi connectivity index (χ1) is 10.0. The number of anilines is 3. The Morgan fingerprint density at radius 3 is 2.00 bits per heavy atom. The molecule has 0 amide bonds. The van der Waals surface area contributed by atoms with E-state index in [1.807, 2.05) is 9.80 Å². The van der Waals surface area contributed by atoms with Gasteiger partial charge in [0.1, 0.15) is 0 Å². The number of rotatable bonds is 2. The lowest BCUT2D eigenvalue weighted by Gasteiger charge is -2.29. The fourth-order valence-electron chi connectivity index (χ4n) is 2.33. The van der Waals surface area contributed by atoms with Crippen LogP contribution in [0.1, 0.15) is 0 Å².